The number of carbonyl (C=O) groups is 1. The molecule has 22 heavy (non-hydrogen) atoms. The average Bonchev–Trinajstić information content (AvgIpc) is 3.26. The molecule has 1 aliphatic rings. The van der Waals surface area contributed by atoms with Crippen LogP contribution in [-0.2, 0) is 9.53 Å². The van der Waals surface area contributed by atoms with Crippen molar-refractivity contribution in [2.75, 3.05) is 46.9 Å². The molecule has 1 fully saturated rings. The van der Waals surface area contributed by atoms with E-state index in [9.17, 15) is 4.79 Å². The van der Waals surface area contributed by atoms with Gasteiger partial charge in [0.15, 0.2) is 5.96 Å². The van der Waals surface area contributed by atoms with Crippen molar-refractivity contribution in [3.63, 3.8) is 0 Å². The first-order valence-corrected chi connectivity index (χ1v) is 8.33. The second kappa shape index (κ2) is 9.66. The summed E-state index contributed by atoms with van der Waals surface area (Å²) in [4.78, 5) is 17.6. The number of aliphatic imine (C=N–C) groups is 1. The molecule has 6 nitrogen and oxygen atoms in total. The van der Waals surface area contributed by atoms with Crippen LogP contribution in [0, 0.1) is 5.41 Å². The van der Waals surface area contributed by atoms with Gasteiger partial charge in [0, 0.05) is 40.4 Å². The summed E-state index contributed by atoms with van der Waals surface area (Å²) < 4.78 is 5.46. The number of nitrogens with zero attached hydrogens (tertiary/aromatic N) is 2. The summed E-state index contributed by atoms with van der Waals surface area (Å²) in [6.07, 6.45) is 4.60. The number of likely N-dealkylation sites (N-methyl/N-ethyl adjacent to an activating group) is 1. The lowest BCUT2D eigenvalue weighted by Crippen LogP contribution is -2.41. The Morgan fingerprint density at radius 1 is 1.27 bits per heavy atom. The first-order valence-electron chi connectivity index (χ1n) is 8.33. The summed E-state index contributed by atoms with van der Waals surface area (Å²) in [5.41, 5.74) is 0.357. The third kappa shape index (κ3) is 7.11. The molecule has 128 valence electrons. The van der Waals surface area contributed by atoms with Gasteiger partial charge in [-0.1, -0.05) is 6.92 Å². The highest BCUT2D eigenvalue weighted by molar-refractivity contribution is 5.84. The molecule has 0 unspecified atom stereocenters. The van der Waals surface area contributed by atoms with Crippen molar-refractivity contribution >= 4 is 11.9 Å². The van der Waals surface area contributed by atoms with Crippen LogP contribution in [-0.4, -0.2) is 63.7 Å². The molecule has 6 heteroatoms. The van der Waals surface area contributed by atoms with Crippen molar-refractivity contribution in [3.8, 4) is 0 Å². The van der Waals surface area contributed by atoms with Crippen LogP contribution in [0.25, 0.3) is 0 Å². The highest BCUT2D eigenvalue weighted by Crippen LogP contribution is 2.48. The third-order valence-corrected chi connectivity index (χ3v) is 3.98. The Morgan fingerprint density at radius 2 is 2.00 bits per heavy atom. The van der Waals surface area contributed by atoms with E-state index in [0.717, 1.165) is 45.1 Å². The minimum atomic E-state index is 0.00933. The summed E-state index contributed by atoms with van der Waals surface area (Å²) in [5, 5.41) is 6.66. The van der Waals surface area contributed by atoms with Crippen LogP contribution in [0.2, 0.25) is 0 Å². The van der Waals surface area contributed by atoms with Gasteiger partial charge in [0.05, 0.1) is 0 Å². The van der Waals surface area contributed by atoms with Crippen LogP contribution in [0.5, 0.6) is 0 Å². The maximum absolute atomic E-state index is 11.7. The van der Waals surface area contributed by atoms with Gasteiger partial charge in [-0.05, 0) is 38.0 Å². The topological polar surface area (TPSA) is 66.0 Å². The lowest BCUT2D eigenvalue weighted by atomic mass is 10.0. The zero-order chi connectivity index (χ0) is 16.4. The molecule has 0 aromatic heterocycles. The fourth-order valence-electron chi connectivity index (χ4n) is 2.10. The standard InChI is InChI=1S/C16H32N4O2/c1-5-10-17-15(18-12-14(21)20(3)4)19-13-16(7-8-16)9-11-22-6-2/h5-13H2,1-4H3,(H2,17,18,19). The molecular formula is C16H32N4O2. The molecule has 0 aromatic rings. The van der Waals surface area contributed by atoms with E-state index >= 15 is 0 Å². The molecule has 0 aromatic carbocycles. The monoisotopic (exact) mass is 312 g/mol. The quantitative estimate of drug-likeness (QED) is 0.362. The molecule has 0 saturated heterocycles. The maximum atomic E-state index is 11.7. The predicted octanol–water partition coefficient (Wildman–Crippen LogP) is 1.23. The van der Waals surface area contributed by atoms with Gasteiger partial charge in [0.1, 0.15) is 6.54 Å². The van der Waals surface area contributed by atoms with Gasteiger partial charge in [0.25, 0.3) is 0 Å². The van der Waals surface area contributed by atoms with Crippen molar-refractivity contribution in [2.45, 2.75) is 39.5 Å². The fraction of sp³-hybridized carbons (Fsp3) is 0.875. The van der Waals surface area contributed by atoms with E-state index in [1.54, 1.807) is 19.0 Å². The first kappa shape index (κ1) is 18.7. The van der Waals surface area contributed by atoms with Crippen molar-refractivity contribution in [1.82, 2.24) is 15.5 Å². The second-order valence-electron chi connectivity index (χ2n) is 6.18. The number of amides is 1. The van der Waals surface area contributed by atoms with E-state index in [1.165, 1.54) is 12.8 Å². The molecule has 1 aliphatic carbocycles. The van der Waals surface area contributed by atoms with E-state index in [-0.39, 0.29) is 12.5 Å². The summed E-state index contributed by atoms with van der Waals surface area (Å²) in [6.45, 7) is 7.67. The van der Waals surface area contributed by atoms with Crippen LogP contribution >= 0.6 is 0 Å². The first-order chi connectivity index (χ1) is 10.5. The Labute approximate surface area is 134 Å². The molecule has 0 atom stereocenters. The highest BCUT2D eigenvalue weighted by atomic mass is 16.5. The Morgan fingerprint density at radius 3 is 2.55 bits per heavy atom. The summed E-state index contributed by atoms with van der Waals surface area (Å²) >= 11 is 0. The molecule has 0 bridgehead atoms. The number of rotatable bonds is 10. The van der Waals surface area contributed by atoms with Crippen molar-refractivity contribution in [1.29, 1.82) is 0 Å². The molecule has 2 N–H and O–H groups in total. The summed E-state index contributed by atoms with van der Waals surface area (Å²) in [6, 6.07) is 0. The smallest absolute Gasteiger partial charge is 0.243 e. The van der Waals surface area contributed by atoms with Crippen LogP contribution in [0.1, 0.15) is 39.5 Å². The van der Waals surface area contributed by atoms with Gasteiger partial charge >= 0.3 is 0 Å². The largest absolute Gasteiger partial charge is 0.382 e. The minimum absolute atomic E-state index is 0.00933. The average molecular weight is 312 g/mol. The maximum Gasteiger partial charge on any atom is 0.243 e. The number of nitrogens with one attached hydrogen (secondary N) is 2. The van der Waals surface area contributed by atoms with E-state index in [2.05, 4.69) is 22.5 Å². The van der Waals surface area contributed by atoms with Crippen LogP contribution in [0.4, 0.5) is 0 Å². The van der Waals surface area contributed by atoms with Crippen LogP contribution in [0.3, 0.4) is 0 Å². The number of hydrogen-bond donors (Lipinski definition) is 2. The Kier molecular flexibility index (Phi) is 8.24. The third-order valence-electron chi connectivity index (χ3n) is 3.98. The normalized spacial score (nSPS) is 16.3. The molecule has 0 heterocycles. The Balaban J connectivity index is 2.43. The molecule has 0 radical (unpaired) electrons. The zero-order valence-corrected chi connectivity index (χ0v) is 14.6. The van der Waals surface area contributed by atoms with Gasteiger partial charge in [-0.25, -0.2) is 4.99 Å². The molecule has 1 saturated carbocycles. The fourth-order valence-corrected chi connectivity index (χ4v) is 2.10. The van der Waals surface area contributed by atoms with Gasteiger partial charge in [0.2, 0.25) is 5.91 Å². The van der Waals surface area contributed by atoms with Gasteiger partial charge in [-0.3, -0.25) is 4.79 Å². The van der Waals surface area contributed by atoms with E-state index in [4.69, 9.17) is 4.74 Å². The van der Waals surface area contributed by atoms with Crippen molar-refractivity contribution < 1.29 is 9.53 Å². The summed E-state index contributed by atoms with van der Waals surface area (Å²) in [7, 11) is 3.49. The van der Waals surface area contributed by atoms with E-state index in [0.29, 0.717) is 5.41 Å². The van der Waals surface area contributed by atoms with E-state index < -0.39 is 0 Å². The predicted molar refractivity (Wildman–Crippen MR) is 90.1 cm³/mol. The number of hydrogen-bond acceptors (Lipinski definition) is 3. The zero-order valence-electron chi connectivity index (χ0n) is 14.6. The molecule has 1 amide bonds. The van der Waals surface area contributed by atoms with Crippen LogP contribution < -0.4 is 10.6 Å². The molecule has 0 aliphatic heterocycles. The lowest BCUT2D eigenvalue weighted by Gasteiger charge is -2.19. The number of carbonyl (C=O) groups excluding carboxylic acids is 1. The molecule has 1 rings (SSSR count). The van der Waals surface area contributed by atoms with Crippen LogP contribution in [0.15, 0.2) is 4.99 Å². The molecule has 0 spiro atoms. The van der Waals surface area contributed by atoms with Crippen molar-refractivity contribution in [2.24, 2.45) is 10.4 Å². The highest BCUT2D eigenvalue weighted by Gasteiger charge is 2.41. The van der Waals surface area contributed by atoms with E-state index in [1.807, 2.05) is 6.92 Å². The minimum Gasteiger partial charge on any atom is -0.382 e. The number of ether oxygens (including phenoxy) is 1. The Bertz CT molecular complexity index is 365. The van der Waals surface area contributed by atoms with Gasteiger partial charge in [-0.2, -0.15) is 0 Å². The van der Waals surface area contributed by atoms with Gasteiger partial charge < -0.3 is 20.3 Å². The SMILES string of the molecule is CCCNC(=NCC(=O)N(C)C)NCC1(CCOCC)CC1. The second-order valence-corrected chi connectivity index (χ2v) is 6.18. The lowest BCUT2D eigenvalue weighted by molar-refractivity contribution is -0.127. The number of guanidine groups is 1. The van der Waals surface area contributed by atoms with Crippen molar-refractivity contribution in [3.05, 3.63) is 0 Å². The molecular weight excluding hydrogens is 280 g/mol. The summed E-state index contributed by atoms with van der Waals surface area (Å²) in [5.74, 6) is 0.745. The Hall–Kier alpha value is -1.30. The van der Waals surface area contributed by atoms with Gasteiger partial charge in [-0.15, -0.1) is 0 Å².